The maximum absolute atomic E-state index is 12.7. The number of pyridine rings is 1. The van der Waals surface area contributed by atoms with Crippen LogP contribution in [0.15, 0.2) is 36.7 Å². The number of aromatic nitrogens is 1. The van der Waals surface area contributed by atoms with Gasteiger partial charge in [-0.3, -0.25) is 9.78 Å². The van der Waals surface area contributed by atoms with Gasteiger partial charge in [-0.2, -0.15) is 0 Å². The molecule has 1 aliphatic heterocycles. The summed E-state index contributed by atoms with van der Waals surface area (Å²) in [7, 11) is -1.12. The summed E-state index contributed by atoms with van der Waals surface area (Å²) in [5, 5.41) is 2.95. The van der Waals surface area contributed by atoms with E-state index in [-0.39, 0.29) is 23.5 Å². The van der Waals surface area contributed by atoms with Crippen molar-refractivity contribution in [2.24, 2.45) is 0 Å². The second-order valence-electron chi connectivity index (χ2n) is 6.82. The van der Waals surface area contributed by atoms with Gasteiger partial charge in [-0.15, -0.1) is 0 Å². The molecule has 1 amide bonds. The summed E-state index contributed by atoms with van der Waals surface area (Å²) in [6.45, 7) is 3.90. The molecule has 1 N–H and O–H groups in total. The smallest absolute Gasteiger partial charge is 0.257 e. The highest BCUT2D eigenvalue weighted by atomic mass is 32.2. The molecule has 0 aliphatic carbocycles. The number of benzene rings is 1. The van der Waals surface area contributed by atoms with Crippen LogP contribution in [0.5, 0.6) is 0 Å². The van der Waals surface area contributed by atoms with E-state index >= 15 is 0 Å². The normalized spacial score (nSPS) is 18.5. The van der Waals surface area contributed by atoms with Gasteiger partial charge in [-0.05, 0) is 37.5 Å². The van der Waals surface area contributed by atoms with E-state index in [0.29, 0.717) is 12.0 Å². The average Bonchev–Trinajstić information content (AvgIpc) is 2.97. The second-order valence-corrected chi connectivity index (χ2v) is 9.05. The summed E-state index contributed by atoms with van der Waals surface area (Å²) >= 11 is 0. The van der Waals surface area contributed by atoms with Gasteiger partial charge >= 0.3 is 0 Å². The van der Waals surface area contributed by atoms with E-state index in [1.54, 1.807) is 12.3 Å². The molecule has 0 radical (unpaired) electrons. The molecule has 1 saturated heterocycles. The Bertz CT molecular complexity index is 921. The Morgan fingerprint density at radius 1 is 1.23 bits per heavy atom. The predicted molar refractivity (Wildman–Crippen MR) is 104 cm³/mol. The number of hydrogen-bond donors (Lipinski definition) is 1. The van der Waals surface area contributed by atoms with Crippen molar-refractivity contribution in [2.45, 2.75) is 26.3 Å². The van der Waals surface area contributed by atoms with Gasteiger partial charge in [0.1, 0.15) is 0 Å². The van der Waals surface area contributed by atoms with Crippen LogP contribution in [0.2, 0.25) is 0 Å². The SMILES string of the molecule is Cc1cccc(C)c1NC(=O)c1cncc(N(C)C2CCS(=O)(=O)C2)c1. The fourth-order valence-electron chi connectivity index (χ4n) is 3.23. The van der Waals surface area contributed by atoms with Gasteiger partial charge in [0.05, 0.1) is 29.0 Å². The maximum Gasteiger partial charge on any atom is 0.257 e. The van der Waals surface area contributed by atoms with Crippen LogP contribution in [0, 0.1) is 13.8 Å². The van der Waals surface area contributed by atoms with Gasteiger partial charge in [0, 0.05) is 25.0 Å². The molecule has 6 nitrogen and oxygen atoms in total. The fourth-order valence-corrected chi connectivity index (χ4v) is 5.01. The fraction of sp³-hybridized carbons (Fsp3) is 0.368. The van der Waals surface area contributed by atoms with E-state index in [2.05, 4.69) is 10.3 Å². The Kier molecular flexibility index (Phi) is 5.00. The molecule has 1 fully saturated rings. The van der Waals surface area contributed by atoms with Gasteiger partial charge in [0.2, 0.25) is 0 Å². The number of rotatable bonds is 4. The predicted octanol–water partition coefficient (Wildman–Crippen LogP) is 2.57. The zero-order chi connectivity index (χ0) is 18.9. The van der Waals surface area contributed by atoms with Crippen LogP contribution in [0.4, 0.5) is 11.4 Å². The van der Waals surface area contributed by atoms with Crippen LogP contribution in [0.3, 0.4) is 0 Å². The van der Waals surface area contributed by atoms with Crippen molar-refractivity contribution in [1.82, 2.24) is 4.98 Å². The lowest BCUT2D eigenvalue weighted by Gasteiger charge is -2.25. The number of nitrogens with one attached hydrogen (secondary N) is 1. The summed E-state index contributed by atoms with van der Waals surface area (Å²) in [6.07, 6.45) is 3.77. The van der Waals surface area contributed by atoms with Crippen molar-refractivity contribution < 1.29 is 13.2 Å². The first-order chi connectivity index (χ1) is 12.3. The van der Waals surface area contributed by atoms with Crippen molar-refractivity contribution in [3.05, 3.63) is 53.3 Å². The Labute approximate surface area is 154 Å². The molecule has 3 rings (SSSR count). The number of aryl methyl sites for hydroxylation is 2. The van der Waals surface area contributed by atoms with Crippen LogP contribution in [-0.2, 0) is 9.84 Å². The summed E-state index contributed by atoms with van der Waals surface area (Å²) in [4.78, 5) is 18.7. The van der Waals surface area contributed by atoms with Gasteiger partial charge < -0.3 is 10.2 Å². The molecule has 2 heterocycles. The molecule has 26 heavy (non-hydrogen) atoms. The Morgan fingerprint density at radius 2 is 1.92 bits per heavy atom. The minimum absolute atomic E-state index is 0.0845. The topological polar surface area (TPSA) is 79.4 Å². The molecule has 1 aromatic heterocycles. The number of hydrogen-bond acceptors (Lipinski definition) is 5. The Morgan fingerprint density at radius 3 is 2.54 bits per heavy atom. The summed E-state index contributed by atoms with van der Waals surface area (Å²) in [5.74, 6) is 0.119. The molecule has 1 aliphatic rings. The molecule has 0 spiro atoms. The first-order valence-electron chi connectivity index (χ1n) is 8.53. The lowest BCUT2D eigenvalue weighted by molar-refractivity contribution is 0.102. The average molecular weight is 373 g/mol. The van der Waals surface area contributed by atoms with Crippen LogP contribution in [0.1, 0.15) is 27.9 Å². The Hall–Kier alpha value is -2.41. The molecule has 1 aromatic carbocycles. The minimum atomic E-state index is -2.97. The zero-order valence-electron chi connectivity index (χ0n) is 15.2. The zero-order valence-corrected chi connectivity index (χ0v) is 16.0. The van der Waals surface area contributed by atoms with Crippen LogP contribution >= 0.6 is 0 Å². The van der Waals surface area contributed by atoms with E-state index in [4.69, 9.17) is 0 Å². The van der Waals surface area contributed by atoms with Gasteiger partial charge in [0.25, 0.3) is 5.91 Å². The van der Waals surface area contributed by atoms with E-state index in [9.17, 15) is 13.2 Å². The van der Waals surface area contributed by atoms with Crippen LogP contribution in [0.25, 0.3) is 0 Å². The third kappa shape index (κ3) is 3.88. The summed E-state index contributed by atoms with van der Waals surface area (Å²) < 4.78 is 23.4. The lowest BCUT2D eigenvalue weighted by Crippen LogP contribution is -2.32. The third-order valence-corrected chi connectivity index (χ3v) is 6.62. The summed E-state index contributed by atoms with van der Waals surface area (Å²) in [5.41, 5.74) is 3.98. The van der Waals surface area contributed by atoms with E-state index in [1.165, 1.54) is 6.20 Å². The maximum atomic E-state index is 12.7. The van der Waals surface area contributed by atoms with E-state index < -0.39 is 9.84 Å². The van der Waals surface area contributed by atoms with Crippen molar-refractivity contribution >= 4 is 27.1 Å². The highest BCUT2D eigenvalue weighted by Crippen LogP contribution is 2.24. The second kappa shape index (κ2) is 7.07. The molecule has 1 atom stereocenters. The van der Waals surface area contributed by atoms with Crippen molar-refractivity contribution in [1.29, 1.82) is 0 Å². The molecule has 0 saturated carbocycles. The number of nitrogens with zero attached hydrogens (tertiary/aromatic N) is 2. The van der Waals surface area contributed by atoms with E-state index in [1.807, 2.05) is 44.0 Å². The van der Waals surface area contributed by atoms with Gasteiger partial charge in [0.15, 0.2) is 9.84 Å². The molecule has 0 bridgehead atoms. The number of amides is 1. The molecule has 138 valence electrons. The minimum Gasteiger partial charge on any atom is -0.369 e. The lowest BCUT2D eigenvalue weighted by atomic mass is 10.1. The van der Waals surface area contributed by atoms with Crippen molar-refractivity contribution in [2.75, 3.05) is 28.8 Å². The Balaban J connectivity index is 1.80. The molecule has 2 aromatic rings. The third-order valence-electron chi connectivity index (χ3n) is 4.87. The molecule has 1 unspecified atom stereocenters. The van der Waals surface area contributed by atoms with Gasteiger partial charge in [-0.1, -0.05) is 18.2 Å². The quantitative estimate of drug-likeness (QED) is 0.891. The number of sulfone groups is 1. The first kappa shape index (κ1) is 18.4. The van der Waals surface area contributed by atoms with Crippen molar-refractivity contribution in [3.8, 4) is 0 Å². The van der Waals surface area contributed by atoms with Crippen LogP contribution < -0.4 is 10.2 Å². The largest absolute Gasteiger partial charge is 0.369 e. The summed E-state index contributed by atoms with van der Waals surface area (Å²) in [6, 6.07) is 7.52. The number of anilines is 2. The highest BCUT2D eigenvalue weighted by Gasteiger charge is 2.31. The number of carbonyl (C=O) groups excluding carboxylic acids is 1. The molecule has 7 heteroatoms. The number of para-hydroxylation sites is 1. The molecular formula is C19H23N3O3S. The standard InChI is InChI=1S/C19H23N3O3S/c1-13-5-4-6-14(2)18(13)21-19(23)15-9-17(11-20-10-15)22(3)16-7-8-26(24,25)12-16/h4-6,9-11,16H,7-8,12H2,1-3H3,(H,21,23). The monoisotopic (exact) mass is 373 g/mol. The first-order valence-corrected chi connectivity index (χ1v) is 10.3. The molecular weight excluding hydrogens is 350 g/mol. The highest BCUT2D eigenvalue weighted by molar-refractivity contribution is 7.91. The number of carbonyl (C=O) groups is 1. The van der Waals surface area contributed by atoms with Crippen LogP contribution in [-0.4, -0.2) is 43.9 Å². The van der Waals surface area contributed by atoms with Crippen molar-refractivity contribution in [3.63, 3.8) is 0 Å². The van der Waals surface area contributed by atoms with Gasteiger partial charge in [-0.25, -0.2) is 8.42 Å². The van der Waals surface area contributed by atoms with E-state index in [0.717, 1.165) is 22.5 Å².